The number of amides is 1. The lowest BCUT2D eigenvalue weighted by atomic mass is 10.1. The van der Waals surface area contributed by atoms with Crippen molar-refractivity contribution in [1.29, 1.82) is 0 Å². The lowest BCUT2D eigenvalue weighted by Gasteiger charge is -2.00. The Hall–Kier alpha value is -1.84. The maximum atomic E-state index is 11.6. The van der Waals surface area contributed by atoms with Crippen molar-refractivity contribution in [3.8, 4) is 0 Å². The monoisotopic (exact) mass is 204 g/mol. The molecule has 2 rings (SSSR count). The maximum absolute atomic E-state index is 11.6. The van der Waals surface area contributed by atoms with Crippen LogP contribution in [0.5, 0.6) is 0 Å². The molecule has 78 valence electrons. The highest BCUT2D eigenvalue weighted by atomic mass is 16.6. The number of benzene rings is 1. The first kappa shape index (κ1) is 9.71. The van der Waals surface area contributed by atoms with E-state index in [-0.39, 0.29) is 5.91 Å². The van der Waals surface area contributed by atoms with Crippen LogP contribution >= 0.6 is 0 Å². The molecule has 1 aliphatic rings. The van der Waals surface area contributed by atoms with Crippen molar-refractivity contribution in [2.45, 2.75) is 13.8 Å². The minimum Gasteiger partial charge on any atom is -0.395 e. The summed E-state index contributed by atoms with van der Waals surface area (Å²) in [5, 5.41) is 6.58. The Labute approximate surface area is 87.9 Å². The van der Waals surface area contributed by atoms with Crippen molar-refractivity contribution < 1.29 is 9.63 Å². The average Bonchev–Trinajstić information content (AvgIpc) is 2.54. The number of fused-ring (bicyclic) bond motifs is 1. The molecule has 1 amide bonds. The van der Waals surface area contributed by atoms with Crippen LogP contribution in [0.1, 0.15) is 18.1 Å². The Bertz CT molecular complexity index is 438. The molecule has 0 radical (unpaired) electrons. The molecule has 1 aromatic rings. The van der Waals surface area contributed by atoms with E-state index < -0.39 is 0 Å². The fourth-order valence-corrected chi connectivity index (χ4v) is 1.55. The summed E-state index contributed by atoms with van der Waals surface area (Å²) in [7, 11) is 0. The van der Waals surface area contributed by atoms with Gasteiger partial charge < -0.3 is 10.2 Å². The van der Waals surface area contributed by atoms with Crippen molar-refractivity contribution in [3.63, 3.8) is 0 Å². The molecule has 15 heavy (non-hydrogen) atoms. The molecule has 0 aromatic heterocycles. The molecule has 0 unspecified atom stereocenters. The first-order valence-electron chi connectivity index (χ1n) is 4.85. The van der Waals surface area contributed by atoms with E-state index >= 15 is 0 Å². The van der Waals surface area contributed by atoms with Gasteiger partial charge in [-0.2, -0.15) is 0 Å². The number of anilines is 1. The maximum Gasteiger partial charge on any atom is 0.278 e. The predicted molar refractivity (Wildman–Crippen MR) is 58.0 cm³/mol. The Morgan fingerprint density at radius 3 is 3.00 bits per heavy atom. The third-order valence-corrected chi connectivity index (χ3v) is 2.27. The van der Waals surface area contributed by atoms with E-state index in [0.29, 0.717) is 12.3 Å². The minimum absolute atomic E-state index is 0.201. The van der Waals surface area contributed by atoms with Gasteiger partial charge in [0.25, 0.3) is 5.91 Å². The Morgan fingerprint density at radius 1 is 1.47 bits per heavy atom. The third kappa shape index (κ3) is 1.58. The van der Waals surface area contributed by atoms with E-state index in [2.05, 4.69) is 10.5 Å². The van der Waals surface area contributed by atoms with Crippen LogP contribution in [0.3, 0.4) is 0 Å². The molecule has 0 aliphatic carbocycles. The van der Waals surface area contributed by atoms with Gasteiger partial charge in [-0.25, -0.2) is 0 Å². The van der Waals surface area contributed by atoms with Crippen molar-refractivity contribution in [2.24, 2.45) is 5.16 Å². The van der Waals surface area contributed by atoms with E-state index in [4.69, 9.17) is 4.84 Å². The van der Waals surface area contributed by atoms with Gasteiger partial charge in [-0.3, -0.25) is 4.79 Å². The van der Waals surface area contributed by atoms with Crippen molar-refractivity contribution >= 4 is 17.3 Å². The fourth-order valence-electron chi connectivity index (χ4n) is 1.55. The van der Waals surface area contributed by atoms with Crippen molar-refractivity contribution in [3.05, 3.63) is 29.3 Å². The summed E-state index contributed by atoms with van der Waals surface area (Å²) in [6.07, 6.45) is 0. The molecule has 0 fully saturated rings. The summed E-state index contributed by atoms with van der Waals surface area (Å²) in [4.78, 5) is 16.5. The van der Waals surface area contributed by atoms with Crippen LogP contribution in [0.2, 0.25) is 0 Å². The lowest BCUT2D eigenvalue weighted by Crippen LogP contribution is -2.14. The molecule has 1 aromatic carbocycles. The molecule has 0 spiro atoms. The summed E-state index contributed by atoms with van der Waals surface area (Å²) >= 11 is 0. The number of oxime groups is 1. The van der Waals surface area contributed by atoms with Crippen LogP contribution in [0, 0.1) is 6.92 Å². The summed E-state index contributed by atoms with van der Waals surface area (Å²) in [6.45, 7) is 4.23. The fraction of sp³-hybridized carbons (Fsp3) is 0.273. The van der Waals surface area contributed by atoms with Crippen LogP contribution in [0.15, 0.2) is 23.4 Å². The Morgan fingerprint density at radius 2 is 2.27 bits per heavy atom. The number of aryl methyl sites for hydroxylation is 1. The minimum atomic E-state index is -0.201. The zero-order valence-electron chi connectivity index (χ0n) is 8.70. The SMILES string of the molecule is CCON=C1C(=O)Nc2c(C)cccc21. The van der Waals surface area contributed by atoms with E-state index in [1.165, 1.54) is 0 Å². The first-order chi connectivity index (χ1) is 7.24. The molecule has 0 saturated carbocycles. The molecular weight excluding hydrogens is 192 g/mol. The summed E-state index contributed by atoms with van der Waals surface area (Å²) in [5.74, 6) is -0.201. The van der Waals surface area contributed by atoms with Gasteiger partial charge in [0.15, 0.2) is 5.71 Å². The van der Waals surface area contributed by atoms with Gasteiger partial charge in [0.2, 0.25) is 0 Å². The third-order valence-electron chi connectivity index (χ3n) is 2.27. The second kappa shape index (κ2) is 3.73. The standard InChI is InChI=1S/C11H12N2O2/c1-3-15-13-10-8-6-4-5-7(2)9(8)12-11(10)14/h4-6H,3H2,1-2H3,(H,12,13,14). The van der Waals surface area contributed by atoms with E-state index in [9.17, 15) is 4.79 Å². The largest absolute Gasteiger partial charge is 0.395 e. The summed E-state index contributed by atoms with van der Waals surface area (Å²) in [5.41, 5.74) is 3.03. The molecule has 1 heterocycles. The van der Waals surface area contributed by atoms with Crippen LogP contribution in [0.4, 0.5) is 5.69 Å². The van der Waals surface area contributed by atoms with E-state index in [1.807, 2.05) is 32.0 Å². The molecule has 4 nitrogen and oxygen atoms in total. The molecule has 1 aliphatic heterocycles. The lowest BCUT2D eigenvalue weighted by molar-refractivity contribution is -0.110. The van der Waals surface area contributed by atoms with Crippen molar-refractivity contribution in [2.75, 3.05) is 11.9 Å². The first-order valence-corrected chi connectivity index (χ1v) is 4.85. The van der Waals surface area contributed by atoms with Gasteiger partial charge in [-0.1, -0.05) is 23.4 Å². The highest BCUT2D eigenvalue weighted by Crippen LogP contribution is 2.26. The summed E-state index contributed by atoms with van der Waals surface area (Å²) in [6, 6.07) is 5.71. The Balaban J connectivity index is 2.46. The quantitative estimate of drug-likeness (QED) is 0.745. The van der Waals surface area contributed by atoms with Crippen LogP contribution < -0.4 is 5.32 Å². The topological polar surface area (TPSA) is 50.7 Å². The molecule has 1 N–H and O–H groups in total. The molecule has 0 bridgehead atoms. The summed E-state index contributed by atoms with van der Waals surface area (Å²) < 4.78 is 0. The zero-order valence-corrected chi connectivity index (χ0v) is 8.70. The number of nitrogens with zero attached hydrogens (tertiary/aromatic N) is 1. The van der Waals surface area contributed by atoms with Gasteiger partial charge >= 0.3 is 0 Å². The zero-order chi connectivity index (χ0) is 10.8. The highest BCUT2D eigenvalue weighted by molar-refractivity contribution is 6.53. The van der Waals surface area contributed by atoms with E-state index in [1.54, 1.807) is 0 Å². The smallest absolute Gasteiger partial charge is 0.278 e. The average molecular weight is 204 g/mol. The van der Waals surface area contributed by atoms with Crippen LogP contribution in [-0.2, 0) is 9.63 Å². The van der Waals surface area contributed by atoms with Gasteiger partial charge in [-0.15, -0.1) is 0 Å². The molecular formula is C11H12N2O2. The molecule has 0 saturated heterocycles. The Kier molecular flexibility index (Phi) is 2.41. The van der Waals surface area contributed by atoms with Gasteiger partial charge in [0.05, 0.1) is 5.69 Å². The number of carbonyl (C=O) groups is 1. The number of rotatable bonds is 2. The number of hydrogen-bond donors (Lipinski definition) is 1. The van der Waals surface area contributed by atoms with Gasteiger partial charge in [0, 0.05) is 5.56 Å². The second-order valence-electron chi connectivity index (χ2n) is 3.31. The molecule has 0 atom stereocenters. The number of hydrogen-bond acceptors (Lipinski definition) is 3. The van der Waals surface area contributed by atoms with E-state index in [0.717, 1.165) is 16.8 Å². The second-order valence-corrected chi connectivity index (χ2v) is 3.31. The van der Waals surface area contributed by atoms with Crippen molar-refractivity contribution in [1.82, 2.24) is 0 Å². The van der Waals surface area contributed by atoms with Gasteiger partial charge in [-0.05, 0) is 19.4 Å². The van der Waals surface area contributed by atoms with Gasteiger partial charge in [0.1, 0.15) is 6.61 Å². The predicted octanol–water partition coefficient (Wildman–Crippen LogP) is 1.69. The normalized spacial score (nSPS) is 16.4. The van der Waals surface area contributed by atoms with Crippen LogP contribution in [-0.4, -0.2) is 18.2 Å². The number of carbonyl (C=O) groups excluding carboxylic acids is 1. The van der Waals surface area contributed by atoms with Crippen LogP contribution in [0.25, 0.3) is 0 Å². The number of para-hydroxylation sites is 1. The number of nitrogens with one attached hydrogen (secondary N) is 1. The molecule has 4 heteroatoms. The highest BCUT2D eigenvalue weighted by Gasteiger charge is 2.27.